The van der Waals surface area contributed by atoms with Crippen molar-refractivity contribution in [3.8, 4) is 0 Å². The molecule has 2 saturated heterocycles. The van der Waals surface area contributed by atoms with Gasteiger partial charge < -0.3 is 59.8 Å². The molecule has 0 spiro atoms. The molecule has 242 valence electrons. The number of aliphatic hydroxyl groups is 7. The fourth-order valence-corrected chi connectivity index (χ4v) is 5.19. The van der Waals surface area contributed by atoms with E-state index in [1.165, 1.54) is 25.7 Å². The fourth-order valence-electron chi connectivity index (χ4n) is 5.19. The van der Waals surface area contributed by atoms with Gasteiger partial charge in [-0.2, -0.15) is 0 Å². The minimum atomic E-state index is -1.70. The summed E-state index contributed by atoms with van der Waals surface area (Å²) in [5.41, 5.74) is 0. The molecule has 2 rings (SSSR count). The van der Waals surface area contributed by atoms with Crippen LogP contribution in [0.5, 0.6) is 0 Å². The smallest absolute Gasteiger partial charge is 0.303 e. The van der Waals surface area contributed by atoms with Gasteiger partial charge in [0.05, 0.1) is 13.2 Å². The summed E-state index contributed by atoms with van der Waals surface area (Å²) in [4.78, 5) is 10.5. The maximum absolute atomic E-state index is 10.6. The van der Waals surface area contributed by atoms with Crippen LogP contribution < -0.4 is 0 Å². The molecular formula is C28H52O13. The number of carboxylic acid groups (broad SMARTS) is 1. The third-order valence-corrected chi connectivity index (χ3v) is 7.78. The zero-order valence-electron chi connectivity index (χ0n) is 23.9. The molecule has 2 fully saturated rings. The van der Waals surface area contributed by atoms with E-state index in [0.717, 1.165) is 51.4 Å². The molecule has 0 unspecified atom stereocenters. The van der Waals surface area contributed by atoms with E-state index >= 15 is 0 Å². The van der Waals surface area contributed by atoms with Crippen LogP contribution in [0.3, 0.4) is 0 Å². The SMILES string of the molecule is O=C(O)CCCCCCCCCCCCCCCO[C@@H]1O[C@H](CO)[C@@H](O)[C@H](O)[C@H]1O[C@@H]1O[C@H](CO)[C@@H](O)[C@H](O)[C@H]1O. The second kappa shape index (κ2) is 20.1. The summed E-state index contributed by atoms with van der Waals surface area (Å²) in [7, 11) is 0. The first-order valence-corrected chi connectivity index (χ1v) is 15.1. The van der Waals surface area contributed by atoms with Gasteiger partial charge in [-0.1, -0.05) is 70.6 Å². The highest BCUT2D eigenvalue weighted by molar-refractivity contribution is 5.66. The van der Waals surface area contributed by atoms with Gasteiger partial charge in [-0.15, -0.1) is 0 Å². The van der Waals surface area contributed by atoms with Crippen molar-refractivity contribution >= 4 is 5.97 Å². The zero-order valence-corrected chi connectivity index (χ0v) is 23.9. The maximum Gasteiger partial charge on any atom is 0.303 e. The van der Waals surface area contributed by atoms with Crippen LogP contribution in [0.1, 0.15) is 89.9 Å². The molecule has 10 atom stereocenters. The minimum Gasteiger partial charge on any atom is -0.481 e. The van der Waals surface area contributed by atoms with Gasteiger partial charge in [-0.25, -0.2) is 0 Å². The maximum atomic E-state index is 10.6. The molecule has 0 saturated carbocycles. The first-order valence-electron chi connectivity index (χ1n) is 15.1. The Kier molecular flexibility index (Phi) is 17.7. The Morgan fingerprint density at radius 1 is 0.561 bits per heavy atom. The van der Waals surface area contributed by atoms with Crippen molar-refractivity contribution in [3.63, 3.8) is 0 Å². The van der Waals surface area contributed by atoms with Crippen LogP contribution in [0.4, 0.5) is 0 Å². The summed E-state index contributed by atoms with van der Waals surface area (Å²) >= 11 is 0. The summed E-state index contributed by atoms with van der Waals surface area (Å²) in [6, 6.07) is 0. The highest BCUT2D eigenvalue weighted by Gasteiger charge is 2.50. The highest BCUT2D eigenvalue weighted by Crippen LogP contribution is 2.30. The van der Waals surface area contributed by atoms with Crippen LogP contribution in [0, 0.1) is 0 Å². The van der Waals surface area contributed by atoms with Crippen molar-refractivity contribution in [2.24, 2.45) is 0 Å². The first-order chi connectivity index (χ1) is 19.7. The molecular weight excluding hydrogens is 544 g/mol. The molecule has 2 heterocycles. The molecule has 0 aromatic carbocycles. The molecule has 41 heavy (non-hydrogen) atoms. The fraction of sp³-hybridized carbons (Fsp3) is 0.964. The molecule has 8 N–H and O–H groups in total. The van der Waals surface area contributed by atoms with E-state index in [9.17, 15) is 40.5 Å². The van der Waals surface area contributed by atoms with Gasteiger partial charge in [0.2, 0.25) is 0 Å². The van der Waals surface area contributed by atoms with Crippen molar-refractivity contribution in [1.29, 1.82) is 0 Å². The lowest BCUT2D eigenvalue weighted by molar-refractivity contribution is -0.367. The Labute approximate surface area is 242 Å². The Morgan fingerprint density at radius 3 is 1.49 bits per heavy atom. The van der Waals surface area contributed by atoms with E-state index in [4.69, 9.17) is 24.1 Å². The molecule has 13 heteroatoms. The quantitative estimate of drug-likeness (QED) is 0.0831. The molecule has 2 aliphatic heterocycles. The van der Waals surface area contributed by atoms with Gasteiger partial charge in [0.15, 0.2) is 12.6 Å². The molecule has 0 amide bonds. The molecule has 0 bridgehead atoms. The standard InChI is InChI=1S/C28H52O13/c29-16-18-21(33)23(35)25(37)27(39-18)41-26-24(36)22(34)19(17-30)40-28(26)38-15-13-11-9-7-5-3-1-2-4-6-8-10-12-14-20(31)32/h18-19,21-30,33-37H,1-17H2,(H,31,32)/t18-,19-,21-,22-,23+,24+,25-,26-,27+,28-/m1/s1. The van der Waals surface area contributed by atoms with Gasteiger partial charge in [0.1, 0.15) is 48.8 Å². The Morgan fingerprint density at radius 2 is 1.00 bits per heavy atom. The third-order valence-electron chi connectivity index (χ3n) is 7.78. The highest BCUT2D eigenvalue weighted by atomic mass is 16.8. The summed E-state index contributed by atoms with van der Waals surface area (Å²) in [5, 5.41) is 78.8. The van der Waals surface area contributed by atoms with Crippen LogP contribution >= 0.6 is 0 Å². The number of carbonyl (C=O) groups is 1. The molecule has 13 nitrogen and oxygen atoms in total. The van der Waals surface area contributed by atoms with Crippen LogP contribution in [0.25, 0.3) is 0 Å². The summed E-state index contributed by atoms with van der Waals surface area (Å²) in [6.45, 7) is -0.967. The monoisotopic (exact) mass is 596 g/mol. The zero-order chi connectivity index (χ0) is 30.2. The Bertz CT molecular complexity index is 696. The number of hydrogen-bond acceptors (Lipinski definition) is 12. The largest absolute Gasteiger partial charge is 0.481 e. The molecule has 0 aliphatic carbocycles. The molecule has 2 aliphatic rings. The average Bonchev–Trinajstić information content (AvgIpc) is 2.95. The van der Waals surface area contributed by atoms with Crippen molar-refractivity contribution in [2.75, 3.05) is 19.8 Å². The second-order valence-corrected chi connectivity index (χ2v) is 11.1. The van der Waals surface area contributed by atoms with E-state index in [0.29, 0.717) is 6.42 Å². The Balaban J connectivity index is 1.65. The van der Waals surface area contributed by atoms with E-state index in [1.54, 1.807) is 0 Å². The lowest BCUT2D eigenvalue weighted by atomic mass is 9.97. The predicted octanol–water partition coefficient (Wildman–Crippen LogP) is 0.173. The van der Waals surface area contributed by atoms with Crippen LogP contribution in [-0.4, -0.2) is 128 Å². The number of rotatable bonds is 21. The van der Waals surface area contributed by atoms with E-state index in [2.05, 4.69) is 0 Å². The van der Waals surface area contributed by atoms with Gasteiger partial charge >= 0.3 is 5.97 Å². The van der Waals surface area contributed by atoms with Crippen molar-refractivity contribution in [3.05, 3.63) is 0 Å². The first kappa shape index (κ1) is 36.2. The molecule has 0 aromatic heterocycles. The van der Waals surface area contributed by atoms with E-state index < -0.39 is 80.6 Å². The number of aliphatic hydroxyl groups excluding tert-OH is 7. The molecule has 0 radical (unpaired) electrons. The number of ether oxygens (including phenoxy) is 4. The minimum absolute atomic E-state index is 0.257. The van der Waals surface area contributed by atoms with Crippen molar-refractivity contribution in [2.45, 2.75) is 151 Å². The van der Waals surface area contributed by atoms with Crippen molar-refractivity contribution < 1.29 is 64.6 Å². The van der Waals surface area contributed by atoms with E-state index in [-0.39, 0.29) is 13.0 Å². The number of unbranched alkanes of at least 4 members (excludes halogenated alkanes) is 12. The molecule has 0 aromatic rings. The lowest BCUT2D eigenvalue weighted by Gasteiger charge is -2.45. The third kappa shape index (κ3) is 12.3. The Hall–Kier alpha value is -0.970. The van der Waals surface area contributed by atoms with Crippen molar-refractivity contribution in [1.82, 2.24) is 0 Å². The number of aliphatic carboxylic acids is 1. The second-order valence-electron chi connectivity index (χ2n) is 11.1. The normalized spacial score (nSPS) is 34.1. The van der Waals surface area contributed by atoms with Crippen LogP contribution in [0.15, 0.2) is 0 Å². The van der Waals surface area contributed by atoms with Gasteiger partial charge in [0.25, 0.3) is 0 Å². The summed E-state index contributed by atoms with van der Waals surface area (Å²) in [5.74, 6) is -0.721. The van der Waals surface area contributed by atoms with Gasteiger partial charge in [-0.05, 0) is 12.8 Å². The van der Waals surface area contributed by atoms with Crippen LogP contribution in [0.2, 0.25) is 0 Å². The summed E-state index contributed by atoms with van der Waals surface area (Å²) in [6.07, 6.45) is -0.533. The van der Waals surface area contributed by atoms with E-state index in [1.807, 2.05) is 0 Å². The number of hydrogen-bond donors (Lipinski definition) is 8. The van der Waals surface area contributed by atoms with Gasteiger partial charge in [-0.3, -0.25) is 4.79 Å². The predicted molar refractivity (Wildman–Crippen MR) is 145 cm³/mol. The van der Waals surface area contributed by atoms with Crippen LogP contribution in [-0.2, 0) is 23.7 Å². The topological polar surface area (TPSA) is 216 Å². The summed E-state index contributed by atoms with van der Waals surface area (Å²) < 4.78 is 22.4. The van der Waals surface area contributed by atoms with Gasteiger partial charge in [0, 0.05) is 13.0 Å². The number of carboxylic acids is 1. The lowest BCUT2D eigenvalue weighted by Crippen LogP contribution is -2.64. The average molecular weight is 597 g/mol.